The molecular weight excluding hydrogens is 1370 g/mol. The number of ether oxygens (including phenoxy) is 4. The third-order valence-corrected chi connectivity index (χ3v) is 22.5. The SMILES string of the molecule is CCCCCCCCCCCCCCCCCCCCCCC(=O)O[C@H](COC(=O)CCCCCCCCCCCCCCCCCCCC)COP(=O)(O)OC[C@@H](O)COP(=O)(O)OC[C@@H](COC(=O)CCCCCCCCCCC(C)CC)OC(=O)CCCCCCCCCCCCCCCCC. The fraction of sp³-hybridized carbons (Fsp3) is 0.953. The molecular formula is C86H168O17P2. The van der Waals surface area contributed by atoms with E-state index in [1.807, 2.05) is 0 Å². The fourth-order valence-corrected chi connectivity index (χ4v) is 15.0. The Bertz CT molecular complexity index is 2000. The molecule has 0 bridgehead atoms. The summed E-state index contributed by atoms with van der Waals surface area (Å²) in [5, 5.41) is 10.7. The molecule has 0 aliphatic heterocycles. The molecule has 3 N–H and O–H groups in total. The highest BCUT2D eigenvalue weighted by atomic mass is 31.2. The van der Waals surface area contributed by atoms with Crippen molar-refractivity contribution < 1.29 is 80.2 Å². The molecule has 0 fully saturated rings. The minimum absolute atomic E-state index is 0.108. The Labute approximate surface area is 645 Å². The Morgan fingerprint density at radius 2 is 0.457 bits per heavy atom. The van der Waals surface area contributed by atoms with Gasteiger partial charge in [-0.15, -0.1) is 0 Å². The highest BCUT2D eigenvalue weighted by Gasteiger charge is 2.30. The van der Waals surface area contributed by atoms with Crippen LogP contribution < -0.4 is 0 Å². The normalized spacial score (nSPS) is 14.0. The van der Waals surface area contributed by atoms with Gasteiger partial charge >= 0.3 is 39.5 Å². The average molecular weight is 1540 g/mol. The zero-order valence-corrected chi connectivity index (χ0v) is 70.7. The molecule has 0 aliphatic rings. The number of esters is 4. The first-order chi connectivity index (χ1) is 51.1. The number of hydrogen-bond donors (Lipinski definition) is 3. The summed E-state index contributed by atoms with van der Waals surface area (Å²) in [6.07, 6.45) is 72.1. The zero-order valence-electron chi connectivity index (χ0n) is 68.9. The molecule has 0 aliphatic carbocycles. The Morgan fingerprint density at radius 3 is 0.676 bits per heavy atom. The zero-order chi connectivity index (χ0) is 76.9. The highest BCUT2D eigenvalue weighted by molar-refractivity contribution is 7.47. The van der Waals surface area contributed by atoms with E-state index in [0.717, 1.165) is 95.8 Å². The van der Waals surface area contributed by atoms with E-state index in [-0.39, 0.29) is 25.7 Å². The second-order valence-electron chi connectivity index (χ2n) is 31.2. The van der Waals surface area contributed by atoms with Crippen molar-refractivity contribution >= 4 is 39.5 Å². The van der Waals surface area contributed by atoms with E-state index in [1.165, 1.54) is 289 Å². The van der Waals surface area contributed by atoms with Crippen molar-refractivity contribution in [2.45, 2.75) is 483 Å². The fourth-order valence-electron chi connectivity index (χ4n) is 13.4. The molecule has 6 atom stereocenters. The van der Waals surface area contributed by atoms with Crippen LogP contribution in [0.15, 0.2) is 0 Å². The third kappa shape index (κ3) is 78.5. The Morgan fingerprint density at radius 1 is 0.267 bits per heavy atom. The predicted octanol–water partition coefficient (Wildman–Crippen LogP) is 26.4. The van der Waals surface area contributed by atoms with Crippen molar-refractivity contribution in [1.29, 1.82) is 0 Å². The van der Waals surface area contributed by atoms with Crippen LogP contribution >= 0.6 is 15.6 Å². The topological polar surface area (TPSA) is 237 Å². The number of unbranched alkanes of at least 4 members (excludes halogenated alkanes) is 57. The van der Waals surface area contributed by atoms with Crippen LogP contribution in [0.3, 0.4) is 0 Å². The lowest BCUT2D eigenvalue weighted by molar-refractivity contribution is -0.161. The van der Waals surface area contributed by atoms with Crippen LogP contribution in [-0.2, 0) is 65.4 Å². The molecule has 0 heterocycles. The molecule has 0 aromatic carbocycles. The second kappa shape index (κ2) is 78.7. The minimum Gasteiger partial charge on any atom is -0.462 e. The molecule has 17 nitrogen and oxygen atoms in total. The van der Waals surface area contributed by atoms with Crippen LogP contribution in [0, 0.1) is 5.92 Å². The first kappa shape index (κ1) is 103. The molecule has 0 aromatic rings. The summed E-state index contributed by atoms with van der Waals surface area (Å²) in [5.41, 5.74) is 0. The lowest BCUT2D eigenvalue weighted by atomic mass is 9.99. The molecule has 105 heavy (non-hydrogen) atoms. The molecule has 0 amide bonds. The molecule has 0 rings (SSSR count). The van der Waals surface area contributed by atoms with Gasteiger partial charge < -0.3 is 33.8 Å². The second-order valence-corrected chi connectivity index (χ2v) is 34.1. The number of carbonyl (C=O) groups is 4. The largest absolute Gasteiger partial charge is 0.472 e. The first-order valence-corrected chi connectivity index (χ1v) is 47.7. The maximum atomic E-state index is 13.2. The van der Waals surface area contributed by atoms with Gasteiger partial charge in [-0.05, 0) is 31.6 Å². The summed E-state index contributed by atoms with van der Waals surface area (Å²) in [7, 11) is -9.93. The van der Waals surface area contributed by atoms with Gasteiger partial charge in [-0.3, -0.25) is 37.3 Å². The molecule has 3 unspecified atom stereocenters. The molecule has 0 radical (unpaired) electrons. The third-order valence-electron chi connectivity index (χ3n) is 20.6. The lowest BCUT2D eigenvalue weighted by Crippen LogP contribution is -2.30. The minimum atomic E-state index is -4.97. The monoisotopic (exact) mass is 1540 g/mol. The number of rotatable bonds is 86. The van der Waals surface area contributed by atoms with E-state index in [1.54, 1.807) is 0 Å². The van der Waals surface area contributed by atoms with Crippen molar-refractivity contribution in [1.82, 2.24) is 0 Å². The van der Waals surface area contributed by atoms with Gasteiger partial charge in [0.1, 0.15) is 19.3 Å². The molecule has 0 spiro atoms. The predicted molar refractivity (Wildman–Crippen MR) is 432 cm³/mol. The number of aliphatic hydroxyl groups is 1. The number of aliphatic hydroxyl groups excluding tert-OH is 1. The number of hydrogen-bond acceptors (Lipinski definition) is 15. The van der Waals surface area contributed by atoms with Gasteiger partial charge in [-0.1, -0.05) is 413 Å². The Kier molecular flexibility index (Phi) is 77.3. The summed E-state index contributed by atoms with van der Waals surface area (Å²) >= 11 is 0. The van der Waals surface area contributed by atoms with E-state index in [4.69, 9.17) is 37.0 Å². The van der Waals surface area contributed by atoms with Crippen LogP contribution in [0.1, 0.15) is 465 Å². The standard InChI is InChI=1S/C86H168O17P2/c1-6-10-13-16-19-22-25-28-31-33-35-36-38-41-44-47-50-57-62-67-72-85(90)102-81(75-96-83(88)69-64-59-54-48-45-42-40-37-34-32-29-26-23-20-17-14-11-7-2)77-100-104(92,93)98-73-80(87)74-99-105(94,95)101-78-82(76-97-84(89)70-65-60-55-52-51-53-58-63-68-79(5)9-4)103-86(91)71-66-61-56-49-46-43-39-30-27-24-21-18-15-12-8-3/h79-82,87H,6-78H2,1-5H3,(H,92,93)(H,94,95)/t79?,80-,81-,82-/m1/s1. The van der Waals surface area contributed by atoms with E-state index in [0.29, 0.717) is 25.7 Å². The van der Waals surface area contributed by atoms with Crippen molar-refractivity contribution in [3.05, 3.63) is 0 Å². The van der Waals surface area contributed by atoms with Gasteiger partial charge in [0.2, 0.25) is 0 Å². The smallest absolute Gasteiger partial charge is 0.462 e. The van der Waals surface area contributed by atoms with Crippen LogP contribution in [0.5, 0.6) is 0 Å². The van der Waals surface area contributed by atoms with E-state index < -0.39 is 97.5 Å². The van der Waals surface area contributed by atoms with Gasteiger partial charge in [0.15, 0.2) is 12.2 Å². The van der Waals surface area contributed by atoms with Crippen LogP contribution in [0.4, 0.5) is 0 Å². The summed E-state index contributed by atoms with van der Waals surface area (Å²) in [5.74, 6) is -1.32. The Hall–Kier alpha value is -1.94. The van der Waals surface area contributed by atoms with Gasteiger partial charge in [0.25, 0.3) is 0 Å². The van der Waals surface area contributed by atoms with Crippen molar-refractivity contribution in [3.63, 3.8) is 0 Å². The van der Waals surface area contributed by atoms with E-state index in [9.17, 15) is 43.2 Å². The van der Waals surface area contributed by atoms with Crippen molar-refractivity contribution in [2.24, 2.45) is 5.92 Å². The van der Waals surface area contributed by atoms with Gasteiger partial charge in [-0.25, -0.2) is 9.13 Å². The number of phosphoric ester groups is 2. The molecule has 19 heteroatoms. The van der Waals surface area contributed by atoms with E-state index in [2.05, 4.69) is 34.6 Å². The maximum absolute atomic E-state index is 13.2. The quantitative estimate of drug-likeness (QED) is 0.0222. The number of carbonyl (C=O) groups excluding carboxylic acids is 4. The first-order valence-electron chi connectivity index (χ1n) is 44.7. The molecule has 0 saturated carbocycles. The lowest BCUT2D eigenvalue weighted by Gasteiger charge is -2.21. The van der Waals surface area contributed by atoms with Crippen LogP contribution in [-0.4, -0.2) is 96.7 Å². The van der Waals surface area contributed by atoms with Gasteiger partial charge in [0.05, 0.1) is 26.4 Å². The summed E-state index contributed by atoms with van der Waals surface area (Å²) in [6, 6.07) is 0. The summed E-state index contributed by atoms with van der Waals surface area (Å²) < 4.78 is 68.9. The maximum Gasteiger partial charge on any atom is 0.472 e. The molecule has 0 aromatic heterocycles. The van der Waals surface area contributed by atoms with Gasteiger partial charge in [-0.2, -0.15) is 0 Å². The van der Waals surface area contributed by atoms with Crippen LogP contribution in [0.25, 0.3) is 0 Å². The summed E-state index contributed by atoms with van der Waals surface area (Å²) in [6.45, 7) is 7.37. The molecule has 624 valence electrons. The van der Waals surface area contributed by atoms with E-state index >= 15 is 0 Å². The highest BCUT2D eigenvalue weighted by Crippen LogP contribution is 2.45. The number of phosphoric acid groups is 2. The van der Waals surface area contributed by atoms with Crippen molar-refractivity contribution in [2.75, 3.05) is 39.6 Å². The Balaban J connectivity index is 5.25. The average Bonchev–Trinajstić information content (AvgIpc) is 0.909. The van der Waals surface area contributed by atoms with Crippen molar-refractivity contribution in [3.8, 4) is 0 Å². The van der Waals surface area contributed by atoms with Gasteiger partial charge in [0, 0.05) is 25.7 Å². The molecule has 0 saturated heterocycles. The van der Waals surface area contributed by atoms with Crippen LogP contribution in [0.2, 0.25) is 0 Å². The summed E-state index contributed by atoms with van der Waals surface area (Å²) in [4.78, 5) is 73.3.